The van der Waals surface area contributed by atoms with Crippen LogP contribution in [0.5, 0.6) is 0 Å². The summed E-state index contributed by atoms with van der Waals surface area (Å²) in [6.07, 6.45) is 0. The molecule has 0 N–H and O–H groups in total. The van der Waals surface area contributed by atoms with Gasteiger partial charge in [0.25, 0.3) is 0 Å². The third kappa shape index (κ3) is 5.99. The Balaban J connectivity index is 0. The first-order valence-corrected chi connectivity index (χ1v) is 2.54. The molecular formula is C6H9FMgO3. The molecule has 0 spiro atoms. The van der Waals surface area contributed by atoms with Gasteiger partial charge in [0.05, 0.1) is 0 Å². The van der Waals surface area contributed by atoms with Crippen LogP contribution in [0.4, 0.5) is 4.39 Å². The highest BCUT2D eigenvalue weighted by Gasteiger charge is 2.09. The summed E-state index contributed by atoms with van der Waals surface area (Å²) in [6, 6.07) is 0. The van der Waals surface area contributed by atoms with Gasteiger partial charge < -0.3 is 4.74 Å². The van der Waals surface area contributed by atoms with E-state index < -0.39 is 18.6 Å². The molecule has 0 aliphatic carbocycles. The summed E-state index contributed by atoms with van der Waals surface area (Å²) >= 11 is 0. The van der Waals surface area contributed by atoms with Crippen molar-refractivity contribution in [3.05, 3.63) is 12.2 Å². The Labute approximate surface area is 79.7 Å². The van der Waals surface area contributed by atoms with E-state index in [9.17, 15) is 14.0 Å². The minimum Gasteiger partial charge on any atom is -0.388 e. The van der Waals surface area contributed by atoms with Crippen LogP contribution in [0.25, 0.3) is 0 Å². The fourth-order valence-corrected chi connectivity index (χ4v) is 0.218. The number of ether oxygens (including phenoxy) is 1. The molecule has 0 fully saturated rings. The molecule has 0 amide bonds. The molecule has 0 aromatic heterocycles. The quantitative estimate of drug-likeness (QED) is 0.248. The third-order valence-corrected chi connectivity index (χ3v) is 0.664. The van der Waals surface area contributed by atoms with Gasteiger partial charge in [-0.3, -0.25) is 0 Å². The molecule has 0 unspecified atom stereocenters. The van der Waals surface area contributed by atoms with Crippen LogP contribution >= 0.6 is 0 Å². The first-order chi connectivity index (χ1) is 4.57. The van der Waals surface area contributed by atoms with E-state index in [0.29, 0.717) is 0 Å². The van der Waals surface area contributed by atoms with Gasteiger partial charge in [-0.25, -0.2) is 14.0 Å². The number of hydrogen-bond donors (Lipinski definition) is 0. The van der Waals surface area contributed by atoms with E-state index >= 15 is 0 Å². The zero-order valence-electron chi connectivity index (χ0n) is 5.52. The molecule has 11 heavy (non-hydrogen) atoms. The highest BCUT2D eigenvalue weighted by atomic mass is 24.3. The maximum atomic E-state index is 11.4. The molecule has 0 bridgehead atoms. The Morgan fingerprint density at radius 2 is 2.00 bits per heavy atom. The van der Waals surface area contributed by atoms with Crippen molar-refractivity contribution in [1.29, 1.82) is 0 Å². The van der Waals surface area contributed by atoms with Gasteiger partial charge in [0.15, 0.2) is 6.67 Å². The molecule has 0 aromatic rings. The van der Waals surface area contributed by atoms with Gasteiger partial charge in [-0.05, 0) is 6.92 Å². The second kappa shape index (κ2) is 6.30. The number of carbonyl (C=O) groups excluding carboxylic acids is 2. The maximum absolute atomic E-state index is 11.4. The second-order valence-electron chi connectivity index (χ2n) is 1.68. The number of esters is 2. The largest absolute Gasteiger partial charge is 0.388 e. The molecule has 0 saturated carbocycles. The molecular weight excluding hydrogens is 163 g/mol. The zero-order chi connectivity index (χ0) is 8.15. The van der Waals surface area contributed by atoms with E-state index in [4.69, 9.17) is 0 Å². The van der Waals surface area contributed by atoms with Gasteiger partial charge in [0.2, 0.25) is 0 Å². The van der Waals surface area contributed by atoms with Crippen molar-refractivity contribution in [2.24, 2.45) is 0 Å². The molecule has 0 aliphatic rings. The number of hydrogen-bond acceptors (Lipinski definition) is 3. The number of carbonyl (C=O) groups is 2. The summed E-state index contributed by atoms with van der Waals surface area (Å²) in [6.45, 7) is 3.27. The van der Waals surface area contributed by atoms with Crippen molar-refractivity contribution in [3.8, 4) is 0 Å². The van der Waals surface area contributed by atoms with Gasteiger partial charge in [-0.15, -0.1) is 0 Å². The van der Waals surface area contributed by atoms with Crippen LogP contribution in [-0.4, -0.2) is 41.7 Å². The number of halogens is 1. The first-order valence-electron chi connectivity index (χ1n) is 2.54. The van der Waals surface area contributed by atoms with E-state index in [0.717, 1.165) is 0 Å². The van der Waals surface area contributed by atoms with Crippen LogP contribution < -0.4 is 0 Å². The molecule has 5 heteroatoms. The van der Waals surface area contributed by atoms with Crippen molar-refractivity contribution >= 4 is 35.0 Å². The predicted molar refractivity (Wildman–Crippen MR) is 40.4 cm³/mol. The summed E-state index contributed by atoms with van der Waals surface area (Å²) in [5.41, 5.74) is 0.0711. The van der Waals surface area contributed by atoms with Gasteiger partial charge in [0, 0.05) is 5.57 Å². The molecule has 0 rings (SSSR count). The Morgan fingerprint density at radius 1 is 1.55 bits per heavy atom. The average molecular weight is 172 g/mol. The molecule has 60 valence electrons. The lowest BCUT2D eigenvalue weighted by Gasteiger charge is -1.96. The molecule has 0 aromatic carbocycles. The third-order valence-electron chi connectivity index (χ3n) is 0.664. The Kier molecular flexibility index (Phi) is 7.55. The van der Waals surface area contributed by atoms with Gasteiger partial charge in [-0.1, -0.05) is 6.58 Å². The summed E-state index contributed by atoms with van der Waals surface area (Å²) < 4.78 is 15.3. The van der Waals surface area contributed by atoms with Gasteiger partial charge >= 0.3 is 35.0 Å². The molecule has 0 atom stereocenters. The van der Waals surface area contributed by atoms with Crippen molar-refractivity contribution in [3.63, 3.8) is 0 Å². The average Bonchev–Trinajstić information content (AvgIpc) is 1.87. The highest BCUT2D eigenvalue weighted by Crippen LogP contribution is 1.92. The second-order valence-corrected chi connectivity index (χ2v) is 1.68. The lowest BCUT2D eigenvalue weighted by molar-refractivity contribution is -0.157. The van der Waals surface area contributed by atoms with E-state index in [1.807, 2.05) is 0 Å². The van der Waals surface area contributed by atoms with Crippen LogP contribution in [0.2, 0.25) is 0 Å². The van der Waals surface area contributed by atoms with Crippen molar-refractivity contribution in [1.82, 2.24) is 0 Å². The van der Waals surface area contributed by atoms with Crippen molar-refractivity contribution < 1.29 is 18.7 Å². The lowest BCUT2D eigenvalue weighted by atomic mass is 10.4. The van der Waals surface area contributed by atoms with Crippen LogP contribution in [-0.2, 0) is 14.3 Å². The molecule has 0 heterocycles. The molecule has 0 saturated heterocycles. The van der Waals surface area contributed by atoms with Crippen molar-refractivity contribution in [2.45, 2.75) is 6.92 Å². The van der Waals surface area contributed by atoms with Gasteiger partial charge in [-0.2, -0.15) is 0 Å². The first kappa shape index (κ1) is 13.2. The van der Waals surface area contributed by atoms with Crippen LogP contribution in [0.1, 0.15) is 6.92 Å². The number of alkyl halides is 1. The standard InChI is InChI=1S/C6H7FO3.Mg.2H/c1-4(2)6(9)10-5(8)3-7;;;/h1,3H2,2H3;;;. The molecule has 0 radical (unpaired) electrons. The summed E-state index contributed by atoms with van der Waals surface area (Å²) in [5, 5.41) is 0. The fraction of sp³-hybridized carbons (Fsp3) is 0.333. The molecule has 0 aliphatic heterocycles. The van der Waals surface area contributed by atoms with Gasteiger partial charge in [0.1, 0.15) is 0 Å². The lowest BCUT2D eigenvalue weighted by Crippen LogP contribution is -2.13. The normalized spacial score (nSPS) is 7.82. The monoisotopic (exact) mass is 172 g/mol. The van der Waals surface area contributed by atoms with E-state index in [-0.39, 0.29) is 28.6 Å². The minimum atomic E-state index is -1.29. The van der Waals surface area contributed by atoms with E-state index in [1.165, 1.54) is 6.92 Å². The van der Waals surface area contributed by atoms with E-state index in [2.05, 4.69) is 11.3 Å². The Bertz CT molecular complexity index is 179. The highest BCUT2D eigenvalue weighted by molar-refractivity contribution is 5.95. The topological polar surface area (TPSA) is 43.4 Å². The maximum Gasteiger partial charge on any atom is 0.345 e. The van der Waals surface area contributed by atoms with Crippen molar-refractivity contribution in [2.75, 3.05) is 6.67 Å². The summed E-state index contributed by atoms with van der Waals surface area (Å²) in [7, 11) is 0. The Morgan fingerprint density at radius 3 is 2.27 bits per heavy atom. The van der Waals surface area contributed by atoms with E-state index in [1.54, 1.807) is 0 Å². The molecule has 3 nitrogen and oxygen atoms in total. The van der Waals surface area contributed by atoms with Crippen LogP contribution in [0.3, 0.4) is 0 Å². The Hall–Kier alpha value is -0.424. The summed E-state index contributed by atoms with van der Waals surface area (Å²) in [4.78, 5) is 20.5. The number of rotatable bonds is 2. The smallest absolute Gasteiger partial charge is 0.345 e. The minimum absolute atomic E-state index is 0. The SMILES string of the molecule is C=C(C)C(=O)OC(=O)CF.[MgH2]. The summed E-state index contributed by atoms with van der Waals surface area (Å²) in [5.74, 6) is -2.07. The van der Waals surface area contributed by atoms with Crippen LogP contribution in [0, 0.1) is 0 Å². The zero-order valence-corrected chi connectivity index (χ0v) is 5.52. The predicted octanol–water partition coefficient (Wildman–Crippen LogP) is -0.314. The van der Waals surface area contributed by atoms with Crippen LogP contribution in [0.15, 0.2) is 12.2 Å². The fourth-order valence-electron chi connectivity index (χ4n) is 0.218.